The summed E-state index contributed by atoms with van der Waals surface area (Å²) in [6.45, 7) is 0. The lowest BCUT2D eigenvalue weighted by atomic mass is 10.3. The van der Waals surface area contributed by atoms with Gasteiger partial charge in [-0.1, -0.05) is 0 Å². The summed E-state index contributed by atoms with van der Waals surface area (Å²) in [6, 6.07) is 3.40. The Labute approximate surface area is 85.4 Å². The lowest BCUT2D eigenvalue weighted by molar-refractivity contribution is 0.355. The van der Waals surface area contributed by atoms with Gasteiger partial charge in [-0.2, -0.15) is 4.98 Å². The van der Waals surface area contributed by atoms with Gasteiger partial charge in [0.2, 0.25) is 0 Å². The summed E-state index contributed by atoms with van der Waals surface area (Å²) in [5, 5.41) is 0.107. The van der Waals surface area contributed by atoms with Gasteiger partial charge in [0.15, 0.2) is 17.1 Å². The van der Waals surface area contributed by atoms with Crippen molar-refractivity contribution in [2.75, 3.05) is 14.2 Å². The molecule has 0 saturated carbocycles. The minimum atomic E-state index is 0.107. The summed E-state index contributed by atoms with van der Waals surface area (Å²) in [7, 11) is 3.12. The van der Waals surface area contributed by atoms with Crippen molar-refractivity contribution in [1.29, 1.82) is 0 Å². The molecule has 0 aliphatic carbocycles. The molecule has 0 spiro atoms. The number of benzene rings is 1. The Kier molecular flexibility index (Phi) is 2.21. The maximum absolute atomic E-state index is 5.61. The second-order valence-corrected chi connectivity index (χ2v) is 2.97. The molecule has 0 radical (unpaired) electrons. The molecule has 1 aromatic heterocycles. The molecule has 2 rings (SSSR count). The Bertz CT molecular complexity index is 425. The maximum Gasteiger partial charge on any atom is 0.293 e. The third-order valence-electron chi connectivity index (χ3n) is 1.87. The molecule has 2 aromatic rings. The lowest BCUT2D eigenvalue weighted by Crippen LogP contribution is -1.89. The van der Waals surface area contributed by atoms with Crippen molar-refractivity contribution in [3.8, 4) is 11.5 Å². The number of aromatic nitrogens is 1. The molecule has 0 aliphatic rings. The third kappa shape index (κ3) is 1.37. The summed E-state index contributed by atoms with van der Waals surface area (Å²) < 4.78 is 15.3. The molecule has 14 heavy (non-hydrogen) atoms. The molecule has 0 unspecified atom stereocenters. The SMILES string of the molecule is COc1cc2nc(Cl)oc2cc1OC. The van der Waals surface area contributed by atoms with Crippen molar-refractivity contribution < 1.29 is 13.9 Å². The minimum absolute atomic E-state index is 0.107. The van der Waals surface area contributed by atoms with Gasteiger partial charge in [-0.25, -0.2) is 0 Å². The van der Waals surface area contributed by atoms with Crippen LogP contribution in [0.15, 0.2) is 16.5 Å². The molecule has 1 heterocycles. The third-order valence-corrected chi connectivity index (χ3v) is 2.03. The second-order valence-electron chi connectivity index (χ2n) is 2.64. The van der Waals surface area contributed by atoms with Crippen LogP contribution in [0.5, 0.6) is 11.5 Å². The molecule has 0 N–H and O–H groups in total. The number of halogens is 1. The quantitative estimate of drug-likeness (QED) is 0.769. The van der Waals surface area contributed by atoms with Gasteiger partial charge < -0.3 is 13.9 Å². The molecule has 0 atom stereocenters. The van der Waals surface area contributed by atoms with Gasteiger partial charge >= 0.3 is 0 Å². The molecule has 74 valence electrons. The molecule has 0 amide bonds. The zero-order valence-electron chi connectivity index (χ0n) is 7.70. The standard InChI is InChI=1S/C9H8ClNO3/c1-12-7-3-5-6(4-8(7)13-2)14-9(10)11-5/h3-4H,1-2H3. The zero-order chi connectivity index (χ0) is 10.1. The van der Waals surface area contributed by atoms with E-state index in [9.17, 15) is 0 Å². The molecular formula is C9H8ClNO3. The van der Waals surface area contributed by atoms with Crippen LogP contribution in [0.25, 0.3) is 11.1 Å². The number of nitrogens with zero attached hydrogens (tertiary/aromatic N) is 1. The molecule has 0 aliphatic heterocycles. The number of rotatable bonds is 2. The predicted octanol–water partition coefficient (Wildman–Crippen LogP) is 2.50. The summed E-state index contributed by atoms with van der Waals surface area (Å²) in [5.41, 5.74) is 1.22. The normalized spacial score (nSPS) is 10.5. The van der Waals surface area contributed by atoms with E-state index in [1.54, 1.807) is 26.4 Å². The number of oxazole rings is 1. The maximum atomic E-state index is 5.61. The Morgan fingerprint density at radius 1 is 1.21 bits per heavy atom. The van der Waals surface area contributed by atoms with E-state index < -0.39 is 0 Å². The van der Waals surface area contributed by atoms with Crippen LogP contribution in [0.2, 0.25) is 5.35 Å². The Hall–Kier alpha value is -1.42. The summed E-state index contributed by atoms with van der Waals surface area (Å²) >= 11 is 5.61. The van der Waals surface area contributed by atoms with Crippen molar-refractivity contribution in [1.82, 2.24) is 4.98 Å². The van der Waals surface area contributed by atoms with E-state index in [1.807, 2.05) is 0 Å². The van der Waals surface area contributed by atoms with Crippen LogP contribution in [0.4, 0.5) is 0 Å². The molecule has 4 nitrogen and oxygen atoms in total. The van der Waals surface area contributed by atoms with E-state index in [4.69, 9.17) is 25.5 Å². The smallest absolute Gasteiger partial charge is 0.293 e. The highest BCUT2D eigenvalue weighted by molar-refractivity contribution is 6.28. The van der Waals surface area contributed by atoms with E-state index in [0.29, 0.717) is 22.6 Å². The summed E-state index contributed by atoms with van der Waals surface area (Å²) in [5.74, 6) is 1.19. The van der Waals surface area contributed by atoms with Gasteiger partial charge in [0.05, 0.1) is 14.2 Å². The Morgan fingerprint density at radius 3 is 2.50 bits per heavy atom. The number of fused-ring (bicyclic) bond motifs is 1. The topological polar surface area (TPSA) is 44.5 Å². The first-order chi connectivity index (χ1) is 6.74. The van der Waals surface area contributed by atoms with Crippen LogP contribution in [0, 0.1) is 0 Å². The molecular weight excluding hydrogens is 206 g/mol. The average Bonchev–Trinajstić information content (AvgIpc) is 2.54. The van der Waals surface area contributed by atoms with Crippen molar-refractivity contribution in [2.45, 2.75) is 0 Å². The first-order valence-corrected chi connectivity index (χ1v) is 4.30. The number of hydrogen-bond donors (Lipinski definition) is 0. The first kappa shape index (κ1) is 9.15. The van der Waals surface area contributed by atoms with Crippen LogP contribution in [0.1, 0.15) is 0 Å². The molecule has 0 bridgehead atoms. The van der Waals surface area contributed by atoms with Crippen LogP contribution < -0.4 is 9.47 Å². The highest BCUT2D eigenvalue weighted by Gasteiger charge is 2.10. The van der Waals surface area contributed by atoms with Crippen molar-refractivity contribution >= 4 is 22.7 Å². The zero-order valence-corrected chi connectivity index (χ0v) is 8.46. The van der Waals surface area contributed by atoms with Crippen molar-refractivity contribution in [2.24, 2.45) is 0 Å². The minimum Gasteiger partial charge on any atom is -0.493 e. The number of ether oxygens (including phenoxy) is 2. The van der Waals surface area contributed by atoms with Crippen LogP contribution in [-0.2, 0) is 0 Å². The van der Waals surface area contributed by atoms with E-state index >= 15 is 0 Å². The van der Waals surface area contributed by atoms with E-state index in [0.717, 1.165) is 0 Å². The van der Waals surface area contributed by atoms with Gasteiger partial charge in [-0.3, -0.25) is 0 Å². The van der Waals surface area contributed by atoms with E-state index in [1.165, 1.54) is 0 Å². The average molecular weight is 214 g/mol. The van der Waals surface area contributed by atoms with Gasteiger partial charge in [-0.05, 0) is 11.6 Å². The Balaban J connectivity index is 2.68. The van der Waals surface area contributed by atoms with Gasteiger partial charge in [-0.15, -0.1) is 0 Å². The van der Waals surface area contributed by atoms with E-state index in [-0.39, 0.29) is 5.35 Å². The van der Waals surface area contributed by atoms with E-state index in [2.05, 4.69) is 4.98 Å². The van der Waals surface area contributed by atoms with Crippen LogP contribution in [-0.4, -0.2) is 19.2 Å². The monoisotopic (exact) mass is 213 g/mol. The summed E-state index contributed by atoms with van der Waals surface area (Å²) in [4.78, 5) is 3.96. The first-order valence-electron chi connectivity index (χ1n) is 3.92. The van der Waals surface area contributed by atoms with Crippen LogP contribution >= 0.6 is 11.6 Å². The largest absolute Gasteiger partial charge is 0.493 e. The van der Waals surface area contributed by atoms with Crippen molar-refractivity contribution in [3.63, 3.8) is 0 Å². The second kappa shape index (κ2) is 3.38. The Morgan fingerprint density at radius 2 is 1.86 bits per heavy atom. The van der Waals surface area contributed by atoms with Crippen molar-refractivity contribution in [3.05, 3.63) is 17.5 Å². The van der Waals surface area contributed by atoms with Gasteiger partial charge in [0, 0.05) is 12.1 Å². The highest BCUT2D eigenvalue weighted by Crippen LogP contribution is 2.32. The number of hydrogen-bond acceptors (Lipinski definition) is 4. The molecule has 0 saturated heterocycles. The van der Waals surface area contributed by atoms with Crippen LogP contribution in [0.3, 0.4) is 0 Å². The summed E-state index contributed by atoms with van der Waals surface area (Å²) in [6.07, 6.45) is 0. The fourth-order valence-corrected chi connectivity index (χ4v) is 1.40. The highest BCUT2D eigenvalue weighted by atomic mass is 35.5. The molecule has 1 aromatic carbocycles. The predicted molar refractivity (Wildman–Crippen MR) is 52.1 cm³/mol. The lowest BCUT2D eigenvalue weighted by Gasteiger charge is -2.05. The fraction of sp³-hybridized carbons (Fsp3) is 0.222. The molecule has 0 fully saturated rings. The molecule has 5 heteroatoms. The van der Waals surface area contributed by atoms with Gasteiger partial charge in [0.25, 0.3) is 5.35 Å². The fourth-order valence-electron chi connectivity index (χ4n) is 1.23. The van der Waals surface area contributed by atoms with Gasteiger partial charge in [0.1, 0.15) is 5.52 Å². The number of methoxy groups -OCH3 is 2.